The molecule has 0 saturated heterocycles. The Labute approximate surface area is 251 Å². The van der Waals surface area contributed by atoms with Gasteiger partial charge in [0.2, 0.25) is 11.8 Å². The lowest BCUT2D eigenvalue weighted by Gasteiger charge is -2.22. The summed E-state index contributed by atoms with van der Waals surface area (Å²) >= 11 is 0. The number of nitrogens with one attached hydrogen (secondary N) is 3. The van der Waals surface area contributed by atoms with E-state index in [2.05, 4.69) is 16.0 Å². The quantitative estimate of drug-likeness (QED) is 0.241. The van der Waals surface area contributed by atoms with Crippen LogP contribution in [0.15, 0.2) is 65.6 Å². The standard InChI is InChI=1S/C30H37N5O7S/c1-18(2)43(39,40)26-13-11-23(34-30(38)35(3)4)15-21(26)17-32-29(37)27(19-10-12-24(41-5)25(16-19)42-6)33-22-9-7-8-20(14-22)28(31)36/h7-16,18,27,33H,17H2,1-6H3,(H2,31,36)(H,32,37)(H,34,38). The van der Waals surface area contributed by atoms with Gasteiger partial charge in [0, 0.05) is 37.6 Å². The summed E-state index contributed by atoms with van der Waals surface area (Å²) in [5.74, 6) is -0.287. The molecule has 0 aromatic heterocycles. The first kappa shape index (κ1) is 32.7. The zero-order chi connectivity index (χ0) is 31.9. The monoisotopic (exact) mass is 611 g/mol. The van der Waals surface area contributed by atoms with Gasteiger partial charge in [-0.05, 0) is 73.5 Å². The number of primary amides is 1. The molecule has 0 saturated carbocycles. The Kier molecular flexibility index (Phi) is 10.6. The first-order valence-electron chi connectivity index (χ1n) is 13.3. The highest BCUT2D eigenvalue weighted by molar-refractivity contribution is 7.92. The number of sulfone groups is 1. The Morgan fingerprint density at radius 3 is 2.21 bits per heavy atom. The van der Waals surface area contributed by atoms with E-state index in [-0.39, 0.29) is 17.0 Å². The third-order valence-corrected chi connectivity index (χ3v) is 8.81. The number of urea groups is 1. The van der Waals surface area contributed by atoms with Crippen molar-refractivity contribution in [2.45, 2.75) is 36.6 Å². The Hall–Kier alpha value is -4.78. The molecule has 4 amide bonds. The van der Waals surface area contributed by atoms with Crippen LogP contribution in [0, 0.1) is 0 Å². The molecular formula is C30H37N5O7S. The van der Waals surface area contributed by atoms with Gasteiger partial charge in [-0.15, -0.1) is 0 Å². The van der Waals surface area contributed by atoms with E-state index in [1.165, 1.54) is 43.4 Å². The van der Waals surface area contributed by atoms with Crippen LogP contribution in [0.25, 0.3) is 0 Å². The van der Waals surface area contributed by atoms with Crippen molar-refractivity contribution in [3.8, 4) is 11.5 Å². The molecule has 0 radical (unpaired) electrons. The number of nitrogens with zero attached hydrogens (tertiary/aromatic N) is 1. The number of nitrogens with two attached hydrogens (primary N) is 1. The fraction of sp³-hybridized carbons (Fsp3) is 0.300. The van der Waals surface area contributed by atoms with Gasteiger partial charge in [-0.25, -0.2) is 13.2 Å². The maximum Gasteiger partial charge on any atom is 0.321 e. The average molecular weight is 612 g/mol. The van der Waals surface area contributed by atoms with E-state index in [1.807, 2.05) is 0 Å². The van der Waals surface area contributed by atoms with Crippen LogP contribution < -0.4 is 31.2 Å². The van der Waals surface area contributed by atoms with Gasteiger partial charge >= 0.3 is 6.03 Å². The lowest BCUT2D eigenvalue weighted by molar-refractivity contribution is -0.122. The fourth-order valence-corrected chi connectivity index (χ4v) is 5.37. The van der Waals surface area contributed by atoms with Crippen molar-refractivity contribution in [2.24, 2.45) is 5.73 Å². The highest BCUT2D eigenvalue weighted by Gasteiger charge is 2.26. The molecule has 1 unspecified atom stereocenters. The molecule has 0 aliphatic heterocycles. The van der Waals surface area contributed by atoms with E-state index in [0.29, 0.717) is 34.0 Å². The Balaban J connectivity index is 2.01. The van der Waals surface area contributed by atoms with Gasteiger partial charge in [0.1, 0.15) is 6.04 Å². The van der Waals surface area contributed by atoms with Gasteiger partial charge in [-0.1, -0.05) is 12.1 Å². The molecular weight excluding hydrogens is 574 g/mol. The molecule has 13 heteroatoms. The van der Waals surface area contributed by atoms with Crippen LogP contribution in [0.3, 0.4) is 0 Å². The molecule has 0 heterocycles. The van der Waals surface area contributed by atoms with E-state index in [1.54, 1.807) is 64.3 Å². The van der Waals surface area contributed by atoms with E-state index in [9.17, 15) is 22.8 Å². The summed E-state index contributed by atoms with van der Waals surface area (Å²) in [6.07, 6.45) is 0. The topological polar surface area (TPSA) is 169 Å². The second kappa shape index (κ2) is 13.9. The Morgan fingerprint density at radius 2 is 1.60 bits per heavy atom. The molecule has 3 rings (SSSR count). The first-order valence-corrected chi connectivity index (χ1v) is 14.8. The van der Waals surface area contributed by atoms with Crippen LogP contribution in [0.2, 0.25) is 0 Å². The number of hydrogen-bond donors (Lipinski definition) is 4. The van der Waals surface area contributed by atoms with E-state index in [4.69, 9.17) is 15.2 Å². The molecule has 0 aliphatic rings. The van der Waals surface area contributed by atoms with E-state index >= 15 is 0 Å². The summed E-state index contributed by atoms with van der Waals surface area (Å²) < 4.78 is 37.1. The number of ether oxygens (including phenoxy) is 2. The molecule has 0 spiro atoms. The molecule has 230 valence electrons. The van der Waals surface area contributed by atoms with Crippen molar-refractivity contribution in [3.63, 3.8) is 0 Å². The molecule has 5 N–H and O–H groups in total. The summed E-state index contributed by atoms with van der Waals surface area (Å²) in [5, 5.41) is 7.94. The van der Waals surface area contributed by atoms with Gasteiger partial charge in [0.25, 0.3) is 0 Å². The number of benzene rings is 3. The van der Waals surface area contributed by atoms with Crippen molar-refractivity contribution >= 4 is 39.1 Å². The average Bonchev–Trinajstić information content (AvgIpc) is 2.98. The second-order valence-corrected chi connectivity index (χ2v) is 12.6. The third-order valence-electron chi connectivity index (χ3n) is 6.56. The third kappa shape index (κ3) is 7.95. The number of rotatable bonds is 12. The minimum atomic E-state index is -3.73. The minimum Gasteiger partial charge on any atom is -0.493 e. The highest BCUT2D eigenvalue weighted by atomic mass is 32.2. The summed E-state index contributed by atoms with van der Waals surface area (Å²) in [6, 6.07) is 14.4. The van der Waals surface area contributed by atoms with Crippen LogP contribution in [0.4, 0.5) is 16.2 Å². The van der Waals surface area contributed by atoms with Crippen molar-refractivity contribution in [1.29, 1.82) is 0 Å². The first-order chi connectivity index (χ1) is 20.3. The molecule has 0 fully saturated rings. The maximum absolute atomic E-state index is 13.8. The lowest BCUT2D eigenvalue weighted by atomic mass is 10.0. The zero-order valence-corrected chi connectivity index (χ0v) is 25.7. The van der Waals surface area contributed by atoms with Crippen molar-refractivity contribution < 1.29 is 32.3 Å². The largest absolute Gasteiger partial charge is 0.493 e. The Morgan fingerprint density at radius 1 is 0.907 bits per heavy atom. The Bertz CT molecular complexity index is 1610. The summed E-state index contributed by atoms with van der Waals surface area (Å²) in [5.41, 5.74) is 7.29. The second-order valence-electron chi connectivity index (χ2n) is 10.1. The highest BCUT2D eigenvalue weighted by Crippen LogP contribution is 2.32. The minimum absolute atomic E-state index is 0.0374. The van der Waals surface area contributed by atoms with E-state index < -0.39 is 39.0 Å². The molecule has 3 aromatic carbocycles. The van der Waals surface area contributed by atoms with Crippen LogP contribution in [-0.2, 0) is 21.2 Å². The SMILES string of the molecule is COc1ccc(C(Nc2cccc(C(N)=O)c2)C(=O)NCc2cc(NC(=O)N(C)C)ccc2S(=O)(=O)C(C)C)cc1OC. The van der Waals surface area contributed by atoms with Crippen LogP contribution in [0.5, 0.6) is 11.5 Å². The summed E-state index contributed by atoms with van der Waals surface area (Å²) in [4.78, 5) is 39.1. The number of amides is 4. The molecule has 43 heavy (non-hydrogen) atoms. The zero-order valence-electron chi connectivity index (χ0n) is 24.9. The number of methoxy groups -OCH3 is 2. The number of carbonyl (C=O) groups excluding carboxylic acids is 3. The van der Waals surface area contributed by atoms with Gasteiger partial charge in [0.15, 0.2) is 21.3 Å². The van der Waals surface area contributed by atoms with Crippen LogP contribution >= 0.6 is 0 Å². The van der Waals surface area contributed by atoms with Crippen molar-refractivity contribution in [3.05, 3.63) is 77.4 Å². The predicted molar refractivity (Wildman–Crippen MR) is 164 cm³/mol. The smallest absolute Gasteiger partial charge is 0.321 e. The number of anilines is 2. The molecule has 12 nitrogen and oxygen atoms in total. The molecule has 3 aromatic rings. The molecule has 0 aliphatic carbocycles. The van der Waals surface area contributed by atoms with E-state index in [0.717, 1.165) is 0 Å². The van der Waals surface area contributed by atoms with Crippen LogP contribution in [-0.4, -0.2) is 64.7 Å². The summed E-state index contributed by atoms with van der Waals surface area (Å²) in [7, 11) is 2.39. The fourth-order valence-electron chi connectivity index (χ4n) is 4.11. The number of hydrogen-bond acceptors (Lipinski definition) is 8. The van der Waals surface area contributed by atoms with Crippen molar-refractivity contribution in [1.82, 2.24) is 10.2 Å². The molecule has 1 atom stereocenters. The predicted octanol–water partition coefficient (Wildman–Crippen LogP) is 3.55. The van der Waals surface area contributed by atoms with Crippen LogP contribution in [0.1, 0.15) is 41.4 Å². The molecule has 0 bridgehead atoms. The summed E-state index contributed by atoms with van der Waals surface area (Å²) in [6.45, 7) is 2.96. The van der Waals surface area contributed by atoms with Gasteiger partial charge < -0.3 is 36.1 Å². The lowest BCUT2D eigenvalue weighted by Crippen LogP contribution is -2.34. The van der Waals surface area contributed by atoms with Gasteiger partial charge in [-0.3, -0.25) is 9.59 Å². The normalized spacial score (nSPS) is 11.8. The van der Waals surface area contributed by atoms with Crippen molar-refractivity contribution in [2.75, 3.05) is 38.9 Å². The maximum atomic E-state index is 13.8. The number of carbonyl (C=O) groups is 3. The van der Waals surface area contributed by atoms with Gasteiger partial charge in [-0.2, -0.15) is 0 Å². The van der Waals surface area contributed by atoms with Gasteiger partial charge in [0.05, 0.1) is 24.4 Å².